The molecule has 2 aromatic carbocycles. The lowest BCUT2D eigenvalue weighted by Gasteiger charge is -2.05. The molecule has 0 amide bonds. The summed E-state index contributed by atoms with van der Waals surface area (Å²) in [6, 6.07) is 11.9. The van der Waals surface area contributed by atoms with E-state index in [0.717, 1.165) is 17.5 Å². The summed E-state index contributed by atoms with van der Waals surface area (Å²) in [5, 5.41) is 12.6. The molecule has 152 valence electrons. The minimum absolute atomic E-state index is 0.0871. The second kappa shape index (κ2) is 9.12. The quantitative estimate of drug-likeness (QED) is 0.368. The van der Waals surface area contributed by atoms with Gasteiger partial charge in [-0.15, -0.1) is 10.2 Å². The van der Waals surface area contributed by atoms with Crippen LogP contribution in [0, 0.1) is 6.92 Å². The lowest BCUT2D eigenvalue weighted by atomic mass is 10.1. The number of anilines is 3. The molecule has 0 atom stereocenters. The van der Waals surface area contributed by atoms with Gasteiger partial charge in [-0.05, 0) is 48.9 Å². The molecule has 0 aliphatic carbocycles. The predicted octanol–water partition coefficient (Wildman–Crippen LogP) is 4.59. The van der Waals surface area contributed by atoms with Crippen LogP contribution in [-0.4, -0.2) is 36.4 Å². The van der Waals surface area contributed by atoms with Crippen LogP contribution in [0.3, 0.4) is 0 Å². The van der Waals surface area contributed by atoms with Gasteiger partial charge in [-0.3, -0.25) is 9.52 Å². The molecule has 11 heteroatoms. The highest BCUT2D eigenvalue weighted by atomic mass is 35.5. The number of carbonyl (C=O) groups excluding carboxylic acids is 1. The number of nitrogens with one attached hydrogen (secondary N) is 2. The first kappa shape index (κ1) is 21.6. The third-order valence-corrected chi connectivity index (χ3v) is 6.65. The van der Waals surface area contributed by atoms with E-state index in [4.69, 9.17) is 11.6 Å². The van der Waals surface area contributed by atoms with Gasteiger partial charge in [-0.25, -0.2) is 8.42 Å². The molecule has 0 fully saturated rings. The molecular formula is C18H17ClN4O3S3. The molecule has 0 bridgehead atoms. The summed E-state index contributed by atoms with van der Waals surface area (Å²) in [7, 11) is -3.35. The SMILES string of the molecule is Cc1ccc(Nc2nnc(SCC(=O)c3ccc(NS(C)(=O)=O)cc3)s2)cc1Cl. The third kappa shape index (κ3) is 6.43. The Labute approximate surface area is 182 Å². The van der Waals surface area contributed by atoms with Crippen molar-refractivity contribution in [2.24, 2.45) is 0 Å². The van der Waals surface area contributed by atoms with E-state index in [1.165, 1.54) is 23.1 Å². The average molecular weight is 469 g/mol. The molecule has 0 aliphatic rings. The molecule has 29 heavy (non-hydrogen) atoms. The van der Waals surface area contributed by atoms with E-state index in [0.29, 0.717) is 25.7 Å². The number of thioether (sulfide) groups is 1. The highest BCUT2D eigenvalue weighted by molar-refractivity contribution is 8.01. The first-order valence-electron chi connectivity index (χ1n) is 8.30. The fourth-order valence-corrected chi connectivity index (χ4v) is 4.67. The van der Waals surface area contributed by atoms with Gasteiger partial charge in [0.05, 0.1) is 12.0 Å². The normalized spacial score (nSPS) is 11.3. The van der Waals surface area contributed by atoms with E-state index < -0.39 is 10.0 Å². The molecule has 0 aliphatic heterocycles. The third-order valence-electron chi connectivity index (χ3n) is 3.67. The van der Waals surface area contributed by atoms with Crippen LogP contribution in [0.4, 0.5) is 16.5 Å². The number of carbonyl (C=O) groups is 1. The van der Waals surface area contributed by atoms with Crippen LogP contribution >= 0.6 is 34.7 Å². The van der Waals surface area contributed by atoms with Crippen molar-refractivity contribution in [2.75, 3.05) is 22.0 Å². The van der Waals surface area contributed by atoms with Crippen molar-refractivity contribution in [3.63, 3.8) is 0 Å². The topological polar surface area (TPSA) is 101 Å². The van der Waals surface area contributed by atoms with Crippen molar-refractivity contribution >= 4 is 67.0 Å². The zero-order valence-corrected chi connectivity index (χ0v) is 18.7. The Hall–Kier alpha value is -2.14. The minimum Gasteiger partial charge on any atom is -0.330 e. The predicted molar refractivity (Wildman–Crippen MR) is 119 cm³/mol. The van der Waals surface area contributed by atoms with Crippen molar-refractivity contribution in [1.29, 1.82) is 0 Å². The number of Topliss-reactive ketones (excluding diaryl/α,β-unsaturated/α-hetero) is 1. The van der Waals surface area contributed by atoms with Crippen LogP contribution in [0.2, 0.25) is 5.02 Å². The van der Waals surface area contributed by atoms with Crippen molar-refractivity contribution < 1.29 is 13.2 Å². The summed E-state index contributed by atoms with van der Waals surface area (Å²) in [4.78, 5) is 12.3. The number of ketones is 1. The number of sulfonamides is 1. The monoisotopic (exact) mass is 468 g/mol. The maximum atomic E-state index is 12.3. The summed E-state index contributed by atoms with van der Waals surface area (Å²) < 4.78 is 25.5. The smallest absolute Gasteiger partial charge is 0.229 e. The molecule has 1 aromatic heterocycles. The van der Waals surface area contributed by atoms with E-state index in [-0.39, 0.29) is 11.5 Å². The van der Waals surface area contributed by atoms with Crippen LogP contribution in [0.5, 0.6) is 0 Å². The molecular weight excluding hydrogens is 452 g/mol. The van der Waals surface area contributed by atoms with Gasteiger partial charge >= 0.3 is 0 Å². The highest BCUT2D eigenvalue weighted by Gasteiger charge is 2.11. The van der Waals surface area contributed by atoms with E-state index in [2.05, 4.69) is 20.2 Å². The van der Waals surface area contributed by atoms with E-state index in [1.54, 1.807) is 24.3 Å². The van der Waals surface area contributed by atoms with Gasteiger partial charge in [0.2, 0.25) is 15.2 Å². The summed E-state index contributed by atoms with van der Waals surface area (Å²) in [5.41, 5.74) is 2.71. The highest BCUT2D eigenvalue weighted by Crippen LogP contribution is 2.29. The Morgan fingerprint density at radius 1 is 1.14 bits per heavy atom. The Morgan fingerprint density at radius 3 is 2.48 bits per heavy atom. The van der Waals surface area contributed by atoms with Crippen LogP contribution in [0.15, 0.2) is 46.8 Å². The van der Waals surface area contributed by atoms with Gasteiger partial charge in [0, 0.05) is 22.0 Å². The number of benzene rings is 2. The van der Waals surface area contributed by atoms with Crippen molar-refractivity contribution in [3.8, 4) is 0 Å². The zero-order valence-electron chi connectivity index (χ0n) is 15.5. The van der Waals surface area contributed by atoms with Gasteiger partial charge < -0.3 is 5.32 Å². The number of rotatable bonds is 8. The summed E-state index contributed by atoms with van der Waals surface area (Å²) in [6.07, 6.45) is 1.07. The first-order valence-corrected chi connectivity index (χ1v) is 12.4. The van der Waals surface area contributed by atoms with Crippen molar-refractivity contribution in [1.82, 2.24) is 10.2 Å². The Balaban J connectivity index is 1.56. The standard InChI is InChI=1S/C18H17ClN4O3S3/c1-11-3-6-14(9-15(11)19)20-17-21-22-18(28-17)27-10-16(24)12-4-7-13(8-5-12)23-29(2,25)26/h3-9,23H,10H2,1-2H3,(H,20,21). The number of hydrogen-bond donors (Lipinski definition) is 2. The molecule has 0 radical (unpaired) electrons. The van der Waals surface area contributed by atoms with Gasteiger partial charge in [-0.2, -0.15) is 0 Å². The minimum atomic E-state index is -3.35. The molecule has 1 heterocycles. The van der Waals surface area contributed by atoms with Crippen LogP contribution in [-0.2, 0) is 10.0 Å². The second-order valence-electron chi connectivity index (χ2n) is 6.13. The Kier molecular flexibility index (Phi) is 6.78. The van der Waals surface area contributed by atoms with Crippen LogP contribution < -0.4 is 10.0 Å². The molecule has 7 nitrogen and oxygen atoms in total. The summed E-state index contributed by atoms with van der Waals surface area (Å²) in [5.74, 6) is 0.111. The van der Waals surface area contributed by atoms with Gasteiger partial charge in [-0.1, -0.05) is 40.8 Å². The number of hydrogen-bond acceptors (Lipinski definition) is 8. The largest absolute Gasteiger partial charge is 0.330 e. The average Bonchev–Trinajstić information content (AvgIpc) is 3.09. The molecule has 3 rings (SSSR count). The maximum absolute atomic E-state index is 12.3. The van der Waals surface area contributed by atoms with Crippen molar-refractivity contribution in [2.45, 2.75) is 11.3 Å². The van der Waals surface area contributed by atoms with Crippen molar-refractivity contribution in [3.05, 3.63) is 58.6 Å². The number of aromatic nitrogens is 2. The lowest BCUT2D eigenvalue weighted by Crippen LogP contribution is -2.10. The number of nitrogens with zero attached hydrogens (tertiary/aromatic N) is 2. The van der Waals surface area contributed by atoms with E-state index in [1.807, 2.05) is 25.1 Å². The number of aryl methyl sites for hydroxylation is 1. The fourth-order valence-electron chi connectivity index (χ4n) is 2.26. The molecule has 3 aromatic rings. The molecule has 0 spiro atoms. The Morgan fingerprint density at radius 2 is 1.83 bits per heavy atom. The molecule has 0 unspecified atom stereocenters. The zero-order chi connectivity index (χ0) is 21.0. The fraction of sp³-hybridized carbons (Fsp3) is 0.167. The van der Waals surface area contributed by atoms with Gasteiger partial charge in [0.1, 0.15) is 0 Å². The van der Waals surface area contributed by atoms with E-state index in [9.17, 15) is 13.2 Å². The van der Waals surface area contributed by atoms with Gasteiger partial charge in [0.15, 0.2) is 10.1 Å². The van der Waals surface area contributed by atoms with Crippen LogP contribution in [0.1, 0.15) is 15.9 Å². The van der Waals surface area contributed by atoms with Gasteiger partial charge in [0.25, 0.3) is 0 Å². The molecule has 0 saturated carbocycles. The summed E-state index contributed by atoms with van der Waals surface area (Å²) >= 11 is 8.76. The van der Waals surface area contributed by atoms with E-state index >= 15 is 0 Å². The number of halogens is 1. The first-order chi connectivity index (χ1) is 13.7. The van der Waals surface area contributed by atoms with Crippen LogP contribution in [0.25, 0.3) is 0 Å². The second-order valence-corrected chi connectivity index (χ2v) is 10.5. The summed E-state index contributed by atoms with van der Waals surface area (Å²) in [6.45, 7) is 1.93. The molecule has 2 N–H and O–H groups in total. The Bertz CT molecular complexity index is 1130. The maximum Gasteiger partial charge on any atom is 0.229 e. The molecule has 0 saturated heterocycles. The lowest BCUT2D eigenvalue weighted by molar-refractivity contribution is 0.102.